The second-order valence-electron chi connectivity index (χ2n) is 7.84. The van der Waals surface area contributed by atoms with E-state index in [1.54, 1.807) is 6.07 Å². The molecule has 0 bridgehead atoms. The molecule has 0 radical (unpaired) electrons. The first-order valence-electron chi connectivity index (χ1n) is 9.29. The number of hydrogen-bond donors (Lipinski definition) is 0. The SMILES string of the molecule is CC(C)[C@H]1OC2(CCN(CCc3ccccc3F)CC2)CN(C)C1=O.Cl. The van der Waals surface area contributed by atoms with Crippen molar-refractivity contribution in [3.63, 3.8) is 0 Å². The number of likely N-dealkylation sites (tertiary alicyclic amines) is 1. The first kappa shape index (κ1) is 21.1. The van der Waals surface area contributed by atoms with E-state index in [9.17, 15) is 9.18 Å². The third-order valence-electron chi connectivity index (χ3n) is 5.55. The number of amides is 1. The van der Waals surface area contributed by atoms with Gasteiger partial charge in [-0.3, -0.25) is 4.79 Å². The lowest BCUT2D eigenvalue weighted by molar-refractivity contribution is -0.197. The molecule has 2 fully saturated rings. The van der Waals surface area contributed by atoms with Gasteiger partial charge in [-0.2, -0.15) is 0 Å². The van der Waals surface area contributed by atoms with Crippen molar-refractivity contribution in [1.82, 2.24) is 9.80 Å². The highest BCUT2D eigenvalue weighted by Gasteiger charge is 2.46. The molecule has 0 unspecified atom stereocenters. The van der Waals surface area contributed by atoms with E-state index in [1.165, 1.54) is 6.07 Å². The van der Waals surface area contributed by atoms with Crippen LogP contribution in [0.15, 0.2) is 24.3 Å². The van der Waals surface area contributed by atoms with Crippen molar-refractivity contribution in [3.05, 3.63) is 35.6 Å². The number of nitrogens with zero attached hydrogens (tertiary/aromatic N) is 2. The minimum Gasteiger partial charge on any atom is -0.360 e. The fourth-order valence-electron chi connectivity index (χ4n) is 3.95. The maximum atomic E-state index is 13.8. The predicted molar refractivity (Wildman–Crippen MR) is 103 cm³/mol. The number of morpholine rings is 1. The molecule has 1 aromatic carbocycles. The molecule has 0 aromatic heterocycles. The summed E-state index contributed by atoms with van der Waals surface area (Å²) in [6.45, 7) is 7.48. The summed E-state index contributed by atoms with van der Waals surface area (Å²) in [4.78, 5) is 16.5. The van der Waals surface area contributed by atoms with Gasteiger partial charge in [0.05, 0.1) is 5.60 Å². The second-order valence-corrected chi connectivity index (χ2v) is 7.84. The first-order chi connectivity index (χ1) is 11.9. The van der Waals surface area contributed by atoms with Gasteiger partial charge in [-0.15, -0.1) is 12.4 Å². The molecule has 1 amide bonds. The molecule has 1 atom stereocenters. The van der Waals surface area contributed by atoms with E-state index in [4.69, 9.17) is 4.74 Å². The molecule has 4 nitrogen and oxygen atoms in total. The van der Waals surface area contributed by atoms with Gasteiger partial charge >= 0.3 is 0 Å². The molecule has 6 heteroatoms. The number of likely N-dealkylation sites (N-methyl/N-ethyl adjacent to an activating group) is 1. The molecule has 2 aliphatic heterocycles. The molecule has 3 rings (SSSR count). The van der Waals surface area contributed by atoms with Gasteiger partial charge in [0.25, 0.3) is 5.91 Å². The Kier molecular flexibility index (Phi) is 7.05. The van der Waals surface area contributed by atoms with E-state index in [1.807, 2.05) is 37.9 Å². The van der Waals surface area contributed by atoms with Crippen molar-refractivity contribution in [1.29, 1.82) is 0 Å². The van der Waals surface area contributed by atoms with Crippen molar-refractivity contribution in [2.75, 3.05) is 33.2 Å². The molecule has 26 heavy (non-hydrogen) atoms. The van der Waals surface area contributed by atoms with Crippen LogP contribution < -0.4 is 0 Å². The Labute approximate surface area is 162 Å². The zero-order chi connectivity index (χ0) is 18.0. The van der Waals surface area contributed by atoms with Gasteiger partial charge < -0.3 is 14.5 Å². The number of carbonyl (C=O) groups excluding carboxylic acids is 1. The molecule has 1 aromatic rings. The summed E-state index contributed by atoms with van der Waals surface area (Å²) in [5.74, 6) is 0.167. The fourth-order valence-corrected chi connectivity index (χ4v) is 3.95. The fraction of sp³-hybridized carbons (Fsp3) is 0.650. The van der Waals surface area contributed by atoms with Crippen molar-refractivity contribution in [2.45, 2.75) is 44.8 Å². The molecule has 2 aliphatic rings. The molecular formula is C20H30ClFN2O2. The summed E-state index contributed by atoms with van der Waals surface area (Å²) in [6.07, 6.45) is 2.24. The van der Waals surface area contributed by atoms with E-state index >= 15 is 0 Å². The van der Waals surface area contributed by atoms with Crippen molar-refractivity contribution in [2.24, 2.45) is 5.92 Å². The number of piperidine rings is 1. The van der Waals surface area contributed by atoms with Gasteiger partial charge in [-0.1, -0.05) is 32.0 Å². The van der Waals surface area contributed by atoms with Gasteiger partial charge in [0, 0.05) is 33.2 Å². The summed E-state index contributed by atoms with van der Waals surface area (Å²) in [6, 6.07) is 7.00. The Bertz CT molecular complexity index is 618. The Morgan fingerprint density at radius 2 is 1.92 bits per heavy atom. The van der Waals surface area contributed by atoms with E-state index in [-0.39, 0.29) is 41.8 Å². The lowest BCUT2D eigenvalue weighted by Gasteiger charge is -2.49. The quantitative estimate of drug-likeness (QED) is 0.799. The van der Waals surface area contributed by atoms with Gasteiger partial charge in [-0.25, -0.2) is 4.39 Å². The Morgan fingerprint density at radius 3 is 2.54 bits per heavy atom. The monoisotopic (exact) mass is 384 g/mol. The maximum Gasteiger partial charge on any atom is 0.251 e. The smallest absolute Gasteiger partial charge is 0.251 e. The summed E-state index contributed by atoms with van der Waals surface area (Å²) in [5, 5.41) is 0. The van der Waals surface area contributed by atoms with Crippen LogP contribution in [0.25, 0.3) is 0 Å². The number of rotatable bonds is 4. The molecule has 2 saturated heterocycles. The predicted octanol–water partition coefficient (Wildman–Crippen LogP) is 3.14. The number of hydrogen-bond acceptors (Lipinski definition) is 3. The third-order valence-corrected chi connectivity index (χ3v) is 5.55. The second kappa shape index (κ2) is 8.68. The minimum absolute atomic E-state index is 0. The molecule has 146 valence electrons. The van der Waals surface area contributed by atoms with Crippen LogP contribution in [-0.4, -0.2) is 60.6 Å². The van der Waals surface area contributed by atoms with Gasteiger partial charge in [-0.05, 0) is 36.8 Å². The van der Waals surface area contributed by atoms with Crippen molar-refractivity contribution < 1.29 is 13.9 Å². The highest BCUT2D eigenvalue weighted by atomic mass is 35.5. The van der Waals surface area contributed by atoms with Crippen LogP contribution >= 0.6 is 12.4 Å². The van der Waals surface area contributed by atoms with E-state index < -0.39 is 0 Å². The van der Waals surface area contributed by atoms with E-state index in [2.05, 4.69) is 4.90 Å². The van der Waals surface area contributed by atoms with Crippen LogP contribution in [0.3, 0.4) is 0 Å². The highest BCUT2D eigenvalue weighted by molar-refractivity contribution is 5.85. The molecule has 0 N–H and O–H groups in total. The number of carbonyl (C=O) groups is 1. The first-order valence-corrected chi connectivity index (χ1v) is 9.29. The summed E-state index contributed by atoms with van der Waals surface area (Å²) >= 11 is 0. The Balaban J connectivity index is 0.00000243. The molecular weight excluding hydrogens is 355 g/mol. The zero-order valence-corrected chi connectivity index (χ0v) is 16.7. The van der Waals surface area contributed by atoms with Crippen LogP contribution in [0.5, 0.6) is 0 Å². The topological polar surface area (TPSA) is 32.8 Å². The van der Waals surface area contributed by atoms with Crippen LogP contribution in [0, 0.1) is 11.7 Å². The van der Waals surface area contributed by atoms with E-state index in [0.717, 1.165) is 44.5 Å². The third kappa shape index (κ3) is 4.56. The summed E-state index contributed by atoms with van der Waals surface area (Å²) < 4.78 is 20.1. The summed E-state index contributed by atoms with van der Waals surface area (Å²) in [5.41, 5.74) is 0.563. The minimum atomic E-state index is -0.330. The largest absolute Gasteiger partial charge is 0.360 e. The van der Waals surface area contributed by atoms with Crippen LogP contribution in [0.1, 0.15) is 32.3 Å². The van der Waals surface area contributed by atoms with Crippen LogP contribution in [0.4, 0.5) is 4.39 Å². The average molecular weight is 385 g/mol. The van der Waals surface area contributed by atoms with Gasteiger partial charge in [0.1, 0.15) is 11.9 Å². The summed E-state index contributed by atoms with van der Waals surface area (Å²) in [7, 11) is 1.88. The molecule has 0 saturated carbocycles. The number of halogens is 2. The van der Waals surface area contributed by atoms with Gasteiger partial charge in [0.15, 0.2) is 0 Å². The standard InChI is InChI=1S/C20H29FN2O2.ClH/c1-15(2)18-19(24)22(3)14-20(25-18)9-12-23(13-10-20)11-8-16-6-4-5-7-17(16)21;/h4-7,15,18H,8-14H2,1-3H3;1H/t18-;/m1./s1. The van der Waals surface area contributed by atoms with Crippen molar-refractivity contribution in [3.8, 4) is 0 Å². The molecule has 1 spiro atoms. The number of ether oxygens (including phenoxy) is 1. The van der Waals surface area contributed by atoms with Gasteiger partial charge in [0.2, 0.25) is 0 Å². The Hall–Kier alpha value is -1.17. The van der Waals surface area contributed by atoms with Crippen molar-refractivity contribution >= 4 is 18.3 Å². The lowest BCUT2D eigenvalue weighted by Crippen LogP contribution is -2.62. The van der Waals surface area contributed by atoms with Crippen LogP contribution in [0.2, 0.25) is 0 Å². The average Bonchev–Trinajstić information content (AvgIpc) is 2.59. The number of benzene rings is 1. The zero-order valence-electron chi connectivity index (χ0n) is 15.9. The maximum absolute atomic E-state index is 13.8. The van der Waals surface area contributed by atoms with E-state index in [0.29, 0.717) is 6.54 Å². The highest BCUT2D eigenvalue weighted by Crippen LogP contribution is 2.34. The molecule has 0 aliphatic carbocycles. The molecule has 2 heterocycles. The lowest BCUT2D eigenvalue weighted by atomic mass is 9.87. The van der Waals surface area contributed by atoms with Crippen LogP contribution in [-0.2, 0) is 16.0 Å². The Morgan fingerprint density at radius 1 is 1.27 bits per heavy atom. The normalized spacial score (nSPS) is 23.3.